The molecule has 29 heavy (non-hydrogen) atoms. The Bertz CT molecular complexity index is 720. The summed E-state index contributed by atoms with van der Waals surface area (Å²) in [5.41, 5.74) is 1.08. The van der Waals surface area contributed by atoms with Crippen LogP contribution in [0.1, 0.15) is 83.6 Å². The van der Waals surface area contributed by atoms with E-state index < -0.39 is 11.6 Å². The molecule has 2 rings (SSSR count). The van der Waals surface area contributed by atoms with Gasteiger partial charge in [-0.05, 0) is 37.0 Å². The fourth-order valence-corrected chi connectivity index (χ4v) is 3.26. The molecule has 0 saturated carbocycles. The lowest BCUT2D eigenvalue weighted by Gasteiger charge is -2.10. The largest absolute Gasteiger partial charge is 0.490 e. The van der Waals surface area contributed by atoms with E-state index in [-0.39, 0.29) is 17.1 Å². The molecule has 0 aliphatic heterocycles. The number of benzene rings is 1. The van der Waals surface area contributed by atoms with Gasteiger partial charge < -0.3 is 4.74 Å². The molecule has 0 unspecified atom stereocenters. The maximum Gasteiger partial charge on any atom is 0.201 e. The van der Waals surface area contributed by atoms with E-state index in [1.165, 1.54) is 50.7 Å². The molecule has 160 valence electrons. The van der Waals surface area contributed by atoms with Crippen LogP contribution in [-0.4, -0.2) is 16.6 Å². The second kappa shape index (κ2) is 13.2. The Hall–Kier alpha value is -2.04. The number of aryl methyl sites for hydroxylation is 1. The number of halogens is 2. The van der Waals surface area contributed by atoms with Crippen molar-refractivity contribution in [2.45, 2.75) is 84.5 Å². The zero-order valence-corrected chi connectivity index (χ0v) is 17.9. The third-order valence-corrected chi connectivity index (χ3v) is 5.07. The van der Waals surface area contributed by atoms with Crippen LogP contribution in [0.3, 0.4) is 0 Å². The topological polar surface area (TPSA) is 35.0 Å². The van der Waals surface area contributed by atoms with Crippen LogP contribution in [0.15, 0.2) is 24.5 Å². The van der Waals surface area contributed by atoms with Gasteiger partial charge in [0.15, 0.2) is 17.4 Å². The first-order valence-corrected chi connectivity index (χ1v) is 11.1. The summed E-state index contributed by atoms with van der Waals surface area (Å²) in [7, 11) is 0. The van der Waals surface area contributed by atoms with Crippen molar-refractivity contribution in [3.8, 4) is 17.1 Å². The Kier molecular flexibility index (Phi) is 10.6. The minimum absolute atomic E-state index is 0.0487. The lowest BCUT2D eigenvalue weighted by atomic mass is 10.1. The van der Waals surface area contributed by atoms with Gasteiger partial charge in [0, 0.05) is 12.4 Å². The fraction of sp³-hybridized carbons (Fsp3) is 0.583. The Morgan fingerprint density at radius 2 is 1.38 bits per heavy atom. The van der Waals surface area contributed by atoms with Gasteiger partial charge in [0.2, 0.25) is 5.82 Å². The quantitative estimate of drug-likeness (QED) is 0.310. The van der Waals surface area contributed by atoms with Gasteiger partial charge in [0.25, 0.3) is 0 Å². The first-order chi connectivity index (χ1) is 14.2. The normalized spacial score (nSPS) is 11.0. The van der Waals surface area contributed by atoms with E-state index in [1.54, 1.807) is 12.4 Å². The van der Waals surface area contributed by atoms with Gasteiger partial charge >= 0.3 is 0 Å². The molecule has 0 aliphatic rings. The summed E-state index contributed by atoms with van der Waals surface area (Å²) in [5.74, 6) is -1.78. The molecule has 0 amide bonds. The van der Waals surface area contributed by atoms with E-state index in [9.17, 15) is 8.78 Å². The average Bonchev–Trinajstić information content (AvgIpc) is 2.74. The SMILES string of the molecule is CCCCCCCCOc1ccc(-c2ncc(CCCCCC)cn2)c(F)c1F. The summed E-state index contributed by atoms with van der Waals surface area (Å²) in [4.78, 5) is 8.46. The lowest BCUT2D eigenvalue weighted by Crippen LogP contribution is -2.03. The predicted octanol–water partition coefficient (Wildman–Crippen LogP) is 7.28. The Morgan fingerprint density at radius 3 is 2.07 bits per heavy atom. The Balaban J connectivity index is 1.89. The smallest absolute Gasteiger partial charge is 0.201 e. The maximum atomic E-state index is 14.5. The van der Waals surface area contributed by atoms with Crippen molar-refractivity contribution >= 4 is 0 Å². The molecule has 0 fully saturated rings. The highest BCUT2D eigenvalue weighted by atomic mass is 19.2. The first-order valence-electron chi connectivity index (χ1n) is 11.1. The van der Waals surface area contributed by atoms with Gasteiger partial charge in [0.1, 0.15) is 0 Å². The average molecular weight is 405 g/mol. The van der Waals surface area contributed by atoms with E-state index in [4.69, 9.17) is 4.74 Å². The molecule has 0 bridgehead atoms. The molecule has 0 spiro atoms. The number of ether oxygens (including phenoxy) is 1. The molecular weight excluding hydrogens is 370 g/mol. The van der Waals surface area contributed by atoms with Crippen LogP contribution in [0, 0.1) is 11.6 Å². The van der Waals surface area contributed by atoms with Gasteiger partial charge in [-0.1, -0.05) is 65.2 Å². The van der Waals surface area contributed by atoms with Crippen LogP contribution >= 0.6 is 0 Å². The summed E-state index contributed by atoms with van der Waals surface area (Å²) in [6.07, 6.45) is 15.7. The molecule has 0 radical (unpaired) electrons. The molecule has 0 N–H and O–H groups in total. The van der Waals surface area contributed by atoms with Crippen molar-refractivity contribution in [3.63, 3.8) is 0 Å². The third kappa shape index (κ3) is 7.71. The predicted molar refractivity (Wildman–Crippen MR) is 114 cm³/mol. The van der Waals surface area contributed by atoms with Crippen LogP contribution in [0.4, 0.5) is 8.78 Å². The minimum atomic E-state index is -0.972. The number of aromatic nitrogens is 2. The highest BCUT2D eigenvalue weighted by Crippen LogP contribution is 2.28. The minimum Gasteiger partial charge on any atom is -0.490 e. The van der Waals surface area contributed by atoms with Crippen molar-refractivity contribution in [2.24, 2.45) is 0 Å². The van der Waals surface area contributed by atoms with Crippen molar-refractivity contribution in [3.05, 3.63) is 41.7 Å². The number of nitrogens with zero attached hydrogens (tertiary/aromatic N) is 2. The van der Waals surface area contributed by atoms with E-state index in [0.29, 0.717) is 6.61 Å². The van der Waals surface area contributed by atoms with Crippen LogP contribution in [0.2, 0.25) is 0 Å². The zero-order chi connectivity index (χ0) is 20.9. The van der Waals surface area contributed by atoms with Gasteiger partial charge in [-0.2, -0.15) is 4.39 Å². The highest BCUT2D eigenvalue weighted by Gasteiger charge is 2.17. The molecule has 3 nitrogen and oxygen atoms in total. The third-order valence-electron chi connectivity index (χ3n) is 5.07. The Morgan fingerprint density at radius 1 is 0.759 bits per heavy atom. The molecule has 1 aromatic heterocycles. The number of unbranched alkanes of at least 4 members (excludes halogenated alkanes) is 8. The second-order valence-corrected chi connectivity index (χ2v) is 7.58. The van der Waals surface area contributed by atoms with E-state index in [2.05, 4.69) is 23.8 Å². The number of rotatable bonds is 14. The maximum absolute atomic E-state index is 14.5. The standard InChI is InChI=1S/C24H34F2N2O/c1-3-5-7-9-10-12-16-29-21-15-14-20(22(25)23(21)26)24-27-17-19(18-28-24)13-11-8-6-4-2/h14-15,17-18H,3-13,16H2,1-2H3. The number of hydrogen-bond donors (Lipinski definition) is 0. The summed E-state index contributed by atoms with van der Waals surface area (Å²) in [6.45, 7) is 4.75. The van der Waals surface area contributed by atoms with Crippen molar-refractivity contribution in [1.82, 2.24) is 9.97 Å². The van der Waals surface area contributed by atoms with E-state index in [0.717, 1.165) is 37.7 Å². The van der Waals surface area contributed by atoms with Gasteiger partial charge in [-0.25, -0.2) is 14.4 Å². The summed E-state index contributed by atoms with van der Waals surface area (Å²) < 4.78 is 34.3. The first kappa shape index (κ1) is 23.2. The summed E-state index contributed by atoms with van der Waals surface area (Å²) >= 11 is 0. The van der Waals surface area contributed by atoms with E-state index in [1.807, 2.05) is 0 Å². The van der Waals surface area contributed by atoms with Gasteiger partial charge in [-0.15, -0.1) is 0 Å². The second-order valence-electron chi connectivity index (χ2n) is 7.58. The Labute approximate surface area is 173 Å². The monoisotopic (exact) mass is 404 g/mol. The molecule has 0 aliphatic carbocycles. The van der Waals surface area contributed by atoms with Crippen molar-refractivity contribution in [2.75, 3.05) is 6.61 Å². The van der Waals surface area contributed by atoms with Crippen LogP contribution in [0.5, 0.6) is 5.75 Å². The summed E-state index contributed by atoms with van der Waals surface area (Å²) in [5, 5.41) is 0. The van der Waals surface area contributed by atoms with Crippen LogP contribution < -0.4 is 4.74 Å². The molecule has 1 aromatic carbocycles. The zero-order valence-electron chi connectivity index (χ0n) is 17.9. The molecule has 2 aromatic rings. The van der Waals surface area contributed by atoms with Crippen LogP contribution in [0.25, 0.3) is 11.4 Å². The molecule has 1 heterocycles. The molecule has 0 saturated heterocycles. The van der Waals surface area contributed by atoms with Crippen molar-refractivity contribution in [1.29, 1.82) is 0 Å². The highest BCUT2D eigenvalue weighted by molar-refractivity contribution is 5.57. The molecule has 5 heteroatoms. The van der Waals surface area contributed by atoms with Crippen LogP contribution in [-0.2, 0) is 6.42 Å². The lowest BCUT2D eigenvalue weighted by molar-refractivity contribution is 0.285. The number of hydrogen-bond acceptors (Lipinski definition) is 3. The van der Waals surface area contributed by atoms with Crippen molar-refractivity contribution < 1.29 is 13.5 Å². The van der Waals surface area contributed by atoms with E-state index >= 15 is 0 Å². The molecule has 0 atom stereocenters. The fourth-order valence-electron chi connectivity index (χ4n) is 3.26. The van der Waals surface area contributed by atoms with Gasteiger partial charge in [-0.3, -0.25) is 0 Å². The summed E-state index contributed by atoms with van der Waals surface area (Å²) in [6, 6.07) is 2.96. The molecular formula is C24H34F2N2O. The van der Waals surface area contributed by atoms with Gasteiger partial charge in [0.05, 0.1) is 12.2 Å².